The van der Waals surface area contributed by atoms with E-state index in [1.165, 1.54) is 0 Å². The van der Waals surface area contributed by atoms with E-state index in [4.69, 9.17) is 4.74 Å². The van der Waals surface area contributed by atoms with Gasteiger partial charge in [0.2, 0.25) is 5.91 Å². The number of rotatable bonds is 3. The lowest BCUT2D eigenvalue weighted by molar-refractivity contribution is -0.116. The first-order valence-electron chi connectivity index (χ1n) is 5.75. The third kappa shape index (κ3) is 2.46. The third-order valence-electron chi connectivity index (χ3n) is 2.68. The molecule has 1 aliphatic rings. The lowest BCUT2D eigenvalue weighted by Crippen LogP contribution is -2.22. The van der Waals surface area contributed by atoms with Crippen LogP contribution in [0.4, 0.5) is 5.69 Å². The molecule has 0 spiro atoms. The van der Waals surface area contributed by atoms with E-state index in [2.05, 4.69) is 5.32 Å². The molecule has 2 rings (SSSR count). The van der Waals surface area contributed by atoms with Crippen LogP contribution < -0.4 is 15.0 Å². The Morgan fingerprint density at radius 2 is 2.33 bits per heavy atom. The van der Waals surface area contributed by atoms with Crippen LogP contribution in [0.3, 0.4) is 0 Å². The molecule has 0 bridgehead atoms. The van der Waals surface area contributed by atoms with Gasteiger partial charge in [-0.1, -0.05) is 11.8 Å². The standard InChI is InChI=1S/C13H16N2O2S/c1-4-14-12(16)8-13-15(2)10-7-9(17-3)5-6-11(10)18-13/h5-8H,4H2,1-3H3,(H,14,16)/b13-8-. The molecule has 1 N–H and O–H groups in total. The lowest BCUT2D eigenvalue weighted by atomic mass is 10.3. The van der Waals surface area contributed by atoms with E-state index in [1.54, 1.807) is 24.9 Å². The zero-order chi connectivity index (χ0) is 13.1. The van der Waals surface area contributed by atoms with Crippen LogP contribution >= 0.6 is 11.8 Å². The third-order valence-corrected chi connectivity index (χ3v) is 3.84. The van der Waals surface area contributed by atoms with Gasteiger partial charge in [0, 0.05) is 30.6 Å². The van der Waals surface area contributed by atoms with Crippen molar-refractivity contribution in [3.63, 3.8) is 0 Å². The zero-order valence-electron chi connectivity index (χ0n) is 10.7. The number of likely N-dealkylation sites (N-methyl/N-ethyl adjacent to an activating group) is 1. The summed E-state index contributed by atoms with van der Waals surface area (Å²) in [5.74, 6) is 0.757. The van der Waals surface area contributed by atoms with Crippen LogP contribution in [0, 0.1) is 0 Å². The van der Waals surface area contributed by atoms with Gasteiger partial charge in [-0.25, -0.2) is 0 Å². The van der Waals surface area contributed by atoms with Crippen LogP contribution in [0.2, 0.25) is 0 Å². The molecule has 96 valence electrons. The molecule has 4 nitrogen and oxygen atoms in total. The number of anilines is 1. The van der Waals surface area contributed by atoms with E-state index in [0.29, 0.717) is 6.54 Å². The molecule has 0 radical (unpaired) electrons. The monoisotopic (exact) mass is 264 g/mol. The number of carbonyl (C=O) groups excluding carboxylic acids is 1. The fourth-order valence-corrected chi connectivity index (χ4v) is 2.80. The van der Waals surface area contributed by atoms with E-state index in [0.717, 1.165) is 21.4 Å². The Bertz CT molecular complexity index is 500. The van der Waals surface area contributed by atoms with Crippen molar-refractivity contribution in [3.05, 3.63) is 29.3 Å². The maximum Gasteiger partial charge on any atom is 0.246 e. The molecular formula is C13H16N2O2S. The quantitative estimate of drug-likeness (QED) is 0.850. The van der Waals surface area contributed by atoms with Gasteiger partial charge in [-0.3, -0.25) is 4.79 Å². The highest BCUT2D eigenvalue weighted by Crippen LogP contribution is 2.46. The number of fused-ring (bicyclic) bond motifs is 1. The maximum absolute atomic E-state index is 11.6. The molecule has 0 fully saturated rings. The van der Waals surface area contributed by atoms with E-state index < -0.39 is 0 Å². The first kappa shape index (κ1) is 12.8. The van der Waals surface area contributed by atoms with Gasteiger partial charge in [-0.2, -0.15) is 0 Å². The Labute approximate surface area is 111 Å². The van der Waals surface area contributed by atoms with Crippen LogP contribution in [-0.2, 0) is 4.79 Å². The second-order valence-electron chi connectivity index (χ2n) is 3.87. The Balaban J connectivity index is 2.24. The van der Waals surface area contributed by atoms with Crippen molar-refractivity contribution in [2.45, 2.75) is 11.8 Å². The SMILES string of the molecule is CCNC(=O)/C=C1\Sc2ccc(OC)cc2N1C. The number of nitrogens with one attached hydrogen (secondary N) is 1. The minimum atomic E-state index is -0.0633. The van der Waals surface area contributed by atoms with Crippen molar-refractivity contribution in [1.82, 2.24) is 5.32 Å². The Kier molecular flexibility index (Phi) is 3.81. The molecule has 1 aromatic rings. The second-order valence-corrected chi connectivity index (χ2v) is 4.93. The van der Waals surface area contributed by atoms with Gasteiger partial charge in [0.25, 0.3) is 0 Å². The highest BCUT2D eigenvalue weighted by atomic mass is 32.2. The molecule has 5 heteroatoms. The van der Waals surface area contributed by atoms with Gasteiger partial charge in [0.1, 0.15) is 5.75 Å². The van der Waals surface area contributed by atoms with Crippen molar-refractivity contribution >= 4 is 23.4 Å². The summed E-state index contributed by atoms with van der Waals surface area (Å²) in [6.45, 7) is 2.54. The summed E-state index contributed by atoms with van der Waals surface area (Å²) >= 11 is 1.59. The van der Waals surface area contributed by atoms with E-state index >= 15 is 0 Å². The van der Waals surface area contributed by atoms with Gasteiger partial charge in [0.05, 0.1) is 17.8 Å². The molecule has 1 heterocycles. The van der Waals surface area contributed by atoms with Crippen LogP contribution in [0.1, 0.15) is 6.92 Å². The van der Waals surface area contributed by atoms with Gasteiger partial charge in [-0.15, -0.1) is 0 Å². The highest BCUT2D eigenvalue weighted by molar-refractivity contribution is 8.03. The van der Waals surface area contributed by atoms with E-state index in [9.17, 15) is 4.79 Å². The summed E-state index contributed by atoms with van der Waals surface area (Å²) in [6, 6.07) is 5.91. The Morgan fingerprint density at radius 3 is 3.00 bits per heavy atom. The van der Waals surface area contributed by atoms with Gasteiger partial charge >= 0.3 is 0 Å². The fraction of sp³-hybridized carbons (Fsp3) is 0.308. The van der Waals surface area contributed by atoms with Crippen molar-refractivity contribution in [1.29, 1.82) is 0 Å². The van der Waals surface area contributed by atoms with Crippen molar-refractivity contribution in [3.8, 4) is 5.75 Å². The number of amides is 1. The van der Waals surface area contributed by atoms with E-state index in [1.807, 2.05) is 37.1 Å². The first-order chi connectivity index (χ1) is 8.65. The molecule has 0 saturated carbocycles. The average Bonchev–Trinajstić information content (AvgIpc) is 2.66. The van der Waals surface area contributed by atoms with Crippen LogP contribution in [-0.4, -0.2) is 26.6 Å². The topological polar surface area (TPSA) is 41.6 Å². The highest BCUT2D eigenvalue weighted by Gasteiger charge is 2.23. The minimum absolute atomic E-state index is 0.0633. The first-order valence-corrected chi connectivity index (χ1v) is 6.56. The van der Waals surface area contributed by atoms with Crippen LogP contribution in [0.5, 0.6) is 5.75 Å². The second kappa shape index (κ2) is 5.35. The Morgan fingerprint density at radius 1 is 1.56 bits per heavy atom. The molecular weight excluding hydrogens is 248 g/mol. The lowest BCUT2D eigenvalue weighted by Gasteiger charge is -2.13. The summed E-state index contributed by atoms with van der Waals surface area (Å²) in [6.07, 6.45) is 1.63. The predicted octanol–water partition coefficient (Wildman–Crippen LogP) is 2.21. The fourth-order valence-electron chi connectivity index (χ4n) is 1.74. The summed E-state index contributed by atoms with van der Waals surface area (Å²) in [4.78, 5) is 14.7. The smallest absolute Gasteiger partial charge is 0.246 e. The van der Waals surface area contributed by atoms with Crippen LogP contribution in [0.25, 0.3) is 0 Å². The molecule has 0 aliphatic carbocycles. The number of hydrogen-bond donors (Lipinski definition) is 1. The van der Waals surface area contributed by atoms with Crippen molar-refractivity contribution in [2.24, 2.45) is 0 Å². The zero-order valence-corrected chi connectivity index (χ0v) is 11.5. The van der Waals surface area contributed by atoms with Crippen molar-refractivity contribution in [2.75, 3.05) is 25.6 Å². The van der Waals surface area contributed by atoms with Crippen molar-refractivity contribution < 1.29 is 9.53 Å². The van der Waals surface area contributed by atoms with Gasteiger partial charge in [-0.05, 0) is 19.1 Å². The number of carbonyl (C=O) groups is 1. The summed E-state index contributed by atoms with van der Waals surface area (Å²) in [7, 11) is 3.60. The molecule has 1 amide bonds. The maximum atomic E-state index is 11.6. The van der Waals surface area contributed by atoms with Crippen LogP contribution in [0.15, 0.2) is 34.2 Å². The van der Waals surface area contributed by atoms with Gasteiger partial charge < -0.3 is 15.0 Å². The molecule has 0 atom stereocenters. The van der Waals surface area contributed by atoms with Gasteiger partial charge in [0.15, 0.2) is 0 Å². The average molecular weight is 264 g/mol. The number of methoxy groups -OCH3 is 1. The molecule has 0 aromatic heterocycles. The minimum Gasteiger partial charge on any atom is -0.497 e. The summed E-state index contributed by atoms with van der Waals surface area (Å²) in [5.41, 5.74) is 1.06. The molecule has 0 unspecified atom stereocenters. The number of nitrogens with zero attached hydrogens (tertiary/aromatic N) is 1. The molecule has 18 heavy (non-hydrogen) atoms. The molecule has 1 aliphatic heterocycles. The predicted molar refractivity (Wildman–Crippen MR) is 74.0 cm³/mol. The largest absolute Gasteiger partial charge is 0.497 e. The number of ether oxygens (including phenoxy) is 1. The number of benzene rings is 1. The Hall–Kier alpha value is -1.62. The number of hydrogen-bond acceptors (Lipinski definition) is 4. The summed E-state index contributed by atoms with van der Waals surface area (Å²) in [5, 5.41) is 3.68. The molecule has 1 aromatic carbocycles. The van der Waals surface area contributed by atoms with E-state index in [-0.39, 0.29) is 5.91 Å². The molecule has 0 saturated heterocycles. The summed E-state index contributed by atoms with van der Waals surface area (Å²) < 4.78 is 5.21. The number of thioether (sulfide) groups is 1. The normalized spacial score (nSPS) is 15.7.